The molecule has 0 atom stereocenters. The maximum absolute atomic E-state index is 12.4. The van der Waals surface area contributed by atoms with Crippen molar-refractivity contribution in [3.8, 4) is 0 Å². The molecule has 0 bridgehead atoms. The molecule has 0 amide bonds. The first kappa shape index (κ1) is 20.2. The Morgan fingerprint density at radius 3 is 0.905 bits per heavy atom. The molecule has 0 aromatic rings. The second-order valence-corrected chi connectivity index (χ2v) is 5.82. The Morgan fingerprint density at radius 2 is 0.762 bits per heavy atom. The second kappa shape index (κ2) is 4.83. The highest BCUT2D eigenvalue weighted by molar-refractivity contribution is 7.87. The summed E-state index contributed by atoms with van der Waals surface area (Å²) in [6.07, 6.45) is -14.3. The molecule has 5 nitrogen and oxygen atoms in total. The Bertz CT molecular complexity index is 551. The molecule has 0 saturated carbocycles. The van der Waals surface area contributed by atoms with E-state index in [0.29, 0.717) is 0 Å². The molecule has 0 heterocycles. The van der Waals surface area contributed by atoms with Crippen LogP contribution in [0.1, 0.15) is 0 Å². The van der Waals surface area contributed by atoms with E-state index in [0.717, 1.165) is 0 Å². The topological polar surface area (TPSA) is 77.5 Å². The van der Waals surface area contributed by atoms with Crippen LogP contribution in [0.2, 0.25) is 0 Å². The van der Waals surface area contributed by atoms with Crippen LogP contribution in [-0.4, -0.2) is 39.6 Å². The van der Waals surface area contributed by atoms with Gasteiger partial charge in [0, 0.05) is 0 Å². The fourth-order valence-corrected chi connectivity index (χ4v) is 1.21. The summed E-state index contributed by atoms with van der Waals surface area (Å²) in [7, 11) is -15.3. The fraction of sp³-hybridized carbons (Fsp3) is 1.00. The van der Waals surface area contributed by atoms with E-state index in [1.54, 1.807) is 0 Å². The van der Waals surface area contributed by atoms with Gasteiger partial charge in [0.2, 0.25) is 0 Å². The van der Waals surface area contributed by atoms with Gasteiger partial charge in [-0.3, -0.25) is 0 Å². The van der Waals surface area contributed by atoms with Crippen LogP contribution in [0.15, 0.2) is 0 Å². The minimum absolute atomic E-state index is 1.40. The molecular formula is C4F10O5S2. The lowest BCUT2D eigenvalue weighted by Gasteiger charge is -2.29. The quantitative estimate of drug-likeness (QED) is 0.519. The van der Waals surface area contributed by atoms with Gasteiger partial charge in [0.15, 0.2) is 0 Å². The summed E-state index contributed by atoms with van der Waals surface area (Å²) in [6, 6.07) is 0. The van der Waals surface area contributed by atoms with E-state index in [4.69, 9.17) is 0 Å². The monoisotopic (exact) mass is 382 g/mol. The molecule has 0 aliphatic carbocycles. The van der Waals surface area contributed by atoms with Gasteiger partial charge >= 0.3 is 43.2 Å². The molecule has 0 fully saturated rings. The van der Waals surface area contributed by atoms with Crippen LogP contribution in [0.25, 0.3) is 0 Å². The normalized spacial score (nSPS) is 16.1. The van der Waals surface area contributed by atoms with Crippen molar-refractivity contribution in [2.24, 2.45) is 0 Å². The van der Waals surface area contributed by atoms with E-state index in [1.807, 2.05) is 0 Å². The van der Waals surface area contributed by atoms with Crippen molar-refractivity contribution in [3.63, 3.8) is 0 Å². The number of hydrogen-bond donors (Lipinski definition) is 0. The lowest BCUT2D eigenvalue weighted by molar-refractivity contribution is -0.442. The molecule has 21 heavy (non-hydrogen) atoms. The molecule has 0 aliphatic rings. The second-order valence-electron chi connectivity index (χ2n) is 3.04. The van der Waals surface area contributed by atoms with Crippen molar-refractivity contribution in [3.05, 3.63) is 0 Å². The third kappa shape index (κ3) is 3.33. The van der Waals surface area contributed by atoms with Crippen molar-refractivity contribution in [1.29, 1.82) is 0 Å². The van der Waals surface area contributed by atoms with Gasteiger partial charge in [-0.25, -0.2) is 4.74 Å². The van der Waals surface area contributed by atoms with E-state index in [9.17, 15) is 59.7 Å². The van der Waals surface area contributed by atoms with Crippen LogP contribution in [0.5, 0.6) is 0 Å². The Hall–Kier alpha value is -0.840. The van der Waals surface area contributed by atoms with Gasteiger partial charge in [0.1, 0.15) is 0 Å². The van der Waals surface area contributed by atoms with Gasteiger partial charge in [0.05, 0.1) is 0 Å². The highest BCUT2D eigenvalue weighted by atomic mass is 32.3. The number of alkyl halides is 8. The molecule has 0 rings (SSSR count). The average molecular weight is 382 g/mol. The molecule has 0 spiro atoms. The SMILES string of the molecule is O=S(=O)(F)C(F)(F)C(F)(F)OC(F)(F)C(F)(F)S(=O)(=O)F. The number of rotatable bonds is 6. The number of halogens is 10. The molecular weight excluding hydrogens is 382 g/mol. The zero-order valence-corrected chi connectivity index (χ0v) is 10.3. The predicted octanol–water partition coefficient (Wildman–Crippen LogP) is 1.97. The number of ether oxygens (including phenoxy) is 1. The van der Waals surface area contributed by atoms with Crippen molar-refractivity contribution >= 4 is 20.4 Å². The molecule has 128 valence electrons. The molecule has 0 aromatic heterocycles. The molecule has 0 unspecified atom stereocenters. The molecule has 0 saturated heterocycles. The van der Waals surface area contributed by atoms with E-state index in [1.165, 1.54) is 4.74 Å². The molecule has 0 aromatic carbocycles. The third-order valence-corrected chi connectivity index (χ3v) is 3.25. The van der Waals surface area contributed by atoms with Crippen LogP contribution in [0.3, 0.4) is 0 Å². The summed E-state index contributed by atoms with van der Waals surface area (Å²) in [5.41, 5.74) is 0. The smallest absolute Gasteiger partial charge is 0.243 e. The van der Waals surface area contributed by atoms with Gasteiger partial charge < -0.3 is 0 Å². The summed E-state index contributed by atoms with van der Waals surface area (Å²) < 4.78 is 162. The van der Waals surface area contributed by atoms with E-state index in [2.05, 4.69) is 0 Å². The standard InChI is InChI=1S/C4F10O5S2/c5-1(6,3(9,10)20(13,15)16)19-2(7,8)4(11,12)21(14,17)18. The lowest BCUT2D eigenvalue weighted by Crippen LogP contribution is -2.56. The Balaban J connectivity index is 5.87. The highest BCUT2D eigenvalue weighted by Crippen LogP contribution is 2.49. The van der Waals surface area contributed by atoms with Gasteiger partial charge in [-0.15, -0.1) is 0 Å². The number of hydrogen-bond acceptors (Lipinski definition) is 5. The highest BCUT2D eigenvalue weighted by Gasteiger charge is 2.77. The van der Waals surface area contributed by atoms with Crippen molar-refractivity contribution in [2.45, 2.75) is 22.7 Å². The summed E-state index contributed by atoms with van der Waals surface area (Å²) in [5.74, 6) is 0. The summed E-state index contributed by atoms with van der Waals surface area (Å²) in [6.45, 7) is 0. The minimum atomic E-state index is -7.64. The van der Waals surface area contributed by atoms with E-state index < -0.39 is 43.2 Å². The lowest BCUT2D eigenvalue weighted by atomic mass is 10.6. The minimum Gasteiger partial charge on any atom is -0.243 e. The van der Waals surface area contributed by atoms with Crippen LogP contribution in [0.4, 0.5) is 42.9 Å². The molecule has 0 radical (unpaired) electrons. The zero-order valence-electron chi connectivity index (χ0n) is 8.64. The van der Waals surface area contributed by atoms with Crippen LogP contribution in [-0.2, 0) is 25.2 Å². The van der Waals surface area contributed by atoms with Crippen LogP contribution >= 0.6 is 0 Å². The molecule has 0 N–H and O–H groups in total. The maximum Gasteiger partial charge on any atom is 0.464 e. The van der Waals surface area contributed by atoms with Gasteiger partial charge in [-0.2, -0.15) is 52.0 Å². The van der Waals surface area contributed by atoms with Gasteiger partial charge in [-0.05, 0) is 0 Å². The summed E-state index contributed by atoms with van der Waals surface area (Å²) in [5, 5.41) is -14.2. The third-order valence-electron chi connectivity index (χ3n) is 1.55. The van der Waals surface area contributed by atoms with E-state index >= 15 is 0 Å². The largest absolute Gasteiger partial charge is 0.464 e. The fourth-order valence-electron chi connectivity index (χ4n) is 0.564. The first-order valence-electron chi connectivity index (χ1n) is 3.80. The predicted molar refractivity (Wildman–Crippen MR) is 40.9 cm³/mol. The Morgan fingerprint density at radius 1 is 0.571 bits per heavy atom. The zero-order chi connectivity index (χ0) is 17.7. The first-order valence-corrected chi connectivity index (χ1v) is 6.57. The van der Waals surface area contributed by atoms with Crippen molar-refractivity contribution in [2.75, 3.05) is 0 Å². The summed E-state index contributed by atoms with van der Waals surface area (Å²) >= 11 is 0. The van der Waals surface area contributed by atoms with Crippen LogP contribution < -0.4 is 0 Å². The average Bonchev–Trinajstić information content (AvgIpc) is 2.11. The van der Waals surface area contributed by atoms with E-state index in [-0.39, 0.29) is 0 Å². The van der Waals surface area contributed by atoms with Crippen LogP contribution in [0, 0.1) is 0 Å². The summed E-state index contributed by atoms with van der Waals surface area (Å²) in [4.78, 5) is 0. The van der Waals surface area contributed by atoms with Gasteiger partial charge in [-0.1, -0.05) is 7.77 Å². The molecule has 0 aliphatic heterocycles. The molecule has 17 heteroatoms. The van der Waals surface area contributed by atoms with Gasteiger partial charge in [0.25, 0.3) is 0 Å². The van der Waals surface area contributed by atoms with Crippen molar-refractivity contribution in [1.82, 2.24) is 0 Å². The Kier molecular flexibility index (Phi) is 4.64. The van der Waals surface area contributed by atoms with Crippen molar-refractivity contribution < 1.29 is 64.5 Å². The first-order chi connectivity index (χ1) is 8.71. The Labute approximate surface area is 108 Å². The maximum atomic E-state index is 12.4.